The van der Waals surface area contributed by atoms with Gasteiger partial charge in [0.05, 0.1) is 0 Å². The third-order valence-corrected chi connectivity index (χ3v) is 2.71. The molecule has 1 aromatic heterocycles. The van der Waals surface area contributed by atoms with E-state index in [0.717, 1.165) is 6.42 Å². The zero-order chi connectivity index (χ0) is 10.1. The summed E-state index contributed by atoms with van der Waals surface area (Å²) in [5.41, 5.74) is 0.188. The van der Waals surface area contributed by atoms with Crippen LogP contribution in [0.2, 0.25) is 0 Å². The van der Waals surface area contributed by atoms with Gasteiger partial charge in [-0.1, -0.05) is 20.8 Å². The summed E-state index contributed by atoms with van der Waals surface area (Å²) in [4.78, 5) is 4.44. The van der Waals surface area contributed by atoms with Crippen molar-refractivity contribution in [3.05, 3.63) is 18.2 Å². The molecular weight excluding hydrogens is 160 g/mol. The van der Waals surface area contributed by atoms with Crippen LogP contribution in [0.5, 0.6) is 0 Å². The maximum atomic E-state index is 4.44. The van der Waals surface area contributed by atoms with Crippen LogP contribution in [0.25, 0.3) is 0 Å². The highest BCUT2D eigenvalue weighted by atomic mass is 15.1. The standard InChI is InChI=1S/C11H20N2/c1-6-11(4,5)10-12-7-8-13(10)9(2)3/h7-9H,6H2,1-5H3. The summed E-state index contributed by atoms with van der Waals surface area (Å²) in [6.45, 7) is 11.1. The molecule has 1 aromatic rings. The quantitative estimate of drug-likeness (QED) is 0.698. The van der Waals surface area contributed by atoms with E-state index in [-0.39, 0.29) is 5.41 Å². The molecular formula is C11H20N2. The molecule has 0 atom stereocenters. The van der Waals surface area contributed by atoms with Crippen LogP contribution >= 0.6 is 0 Å². The van der Waals surface area contributed by atoms with Crippen molar-refractivity contribution in [2.75, 3.05) is 0 Å². The third kappa shape index (κ3) is 1.93. The number of imidazole rings is 1. The Balaban J connectivity index is 3.07. The predicted octanol–water partition coefficient (Wildman–Crippen LogP) is 3.15. The largest absolute Gasteiger partial charge is 0.332 e. The van der Waals surface area contributed by atoms with Gasteiger partial charge in [-0.05, 0) is 20.3 Å². The van der Waals surface area contributed by atoms with E-state index < -0.39 is 0 Å². The van der Waals surface area contributed by atoms with Crippen LogP contribution in [-0.4, -0.2) is 9.55 Å². The fourth-order valence-electron chi connectivity index (χ4n) is 1.41. The molecule has 0 radical (unpaired) electrons. The molecule has 0 N–H and O–H groups in total. The van der Waals surface area contributed by atoms with Crippen LogP contribution in [0, 0.1) is 0 Å². The van der Waals surface area contributed by atoms with Crippen molar-refractivity contribution in [3.8, 4) is 0 Å². The molecule has 0 amide bonds. The average Bonchev–Trinajstić information content (AvgIpc) is 2.52. The summed E-state index contributed by atoms with van der Waals surface area (Å²) in [7, 11) is 0. The van der Waals surface area contributed by atoms with Crippen molar-refractivity contribution in [3.63, 3.8) is 0 Å². The Kier molecular flexibility index (Phi) is 2.79. The first-order valence-electron chi connectivity index (χ1n) is 5.02. The molecule has 0 aliphatic rings. The van der Waals surface area contributed by atoms with Crippen LogP contribution in [0.4, 0.5) is 0 Å². The van der Waals surface area contributed by atoms with E-state index in [2.05, 4.69) is 50.4 Å². The molecule has 0 aliphatic carbocycles. The Morgan fingerprint density at radius 1 is 1.46 bits per heavy atom. The highest BCUT2D eigenvalue weighted by Crippen LogP contribution is 2.26. The van der Waals surface area contributed by atoms with Crippen molar-refractivity contribution in [2.45, 2.75) is 52.5 Å². The van der Waals surface area contributed by atoms with Crippen LogP contribution in [0.3, 0.4) is 0 Å². The lowest BCUT2D eigenvalue weighted by Gasteiger charge is -2.25. The summed E-state index contributed by atoms with van der Waals surface area (Å²) < 4.78 is 2.25. The maximum Gasteiger partial charge on any atom is 0.114 e. The number of hydrogen-bond donors (Lipinski definition) is 0. The molecule has 0 aromatic carbocycles. The van der Waals surface area contributed by atoms with Gasteiger partial charge in [0.15, 0.2) is 0 Å². The molecule has 1 heterocycles. The van der Waals surface area contributed by atoms with E-state index in [9.17, 15) is 0 Å². The highest BCUT2D eigenvalue weighted by molar-refractivity contribution is 5.07. The molecule has 1 rings (SSSR count). The Morgan fingerprint density at radius 3 is 2.54 bits per heavy atom. The Bertz CT molecular complexity index is 271. The summed E-state index contributed by atoms with van der Waals surface area (Å²) in [5.74, 6) is 1.20. The van der Waals surface area contributed by atoms with Crippen molar-refractivity contribution in [1.29, 1.82) is 0 Å². The molecule has 0 bridgehead atoms. The zero-order valence-corrected chi connectivity index (χ0v) is 9.33. The molecule has 0 fully saturated rings. The first-order chi connectivity index (χ1) is 5.99. The summed E-state index contributed by atoms with van der Waals surface area (Å²) in [6.07, 6.45) is 5.08. The first kappa shape index (κ1) is 10.3. The van der Waals surface area contributed by atoms with Gasteiger partial charge in [0.25, 0.3) is 0 Å². The molecule has 13 heavy (non-hydrogen) atoms. The molecule has 2 nitrogen and oxygen atoms in total. The van der Waals surface area contributed by atoms with Crippen molar-refractivity contribution < 1.29 is 0 Å². The van der Waals surface area contributed by atoms with Gasteiger partial charge >= 0.3 is 0 Å². The van der Waals surface area contributed by atoms with Crippen LogP contribution in [-0.2, 0) is 5.41 Å². The van der Waals surface area contributed by atoms with Gasteiger partial charge < -0.3 is 4.57 Å². The smallest absolute Gasteiger partial charge is 0.114 e. The van der Waals surface area contributed by atoms with Gasteiger partial charge in [-0.3, -0.25) is 0 Å². The lowest BCUT2D eigenvalue weighted by Crippen LogP contribution is -2.22. The lowest BCUT2D eigenvalue weighted by molar-refractivity contribution is 0.425. The van der Waals surface area contributed by atoms with Crippen molar-refractivity contribution in [1.82, 2.24) is 9.55 Å². The van der Waals surface area contributed by atoms with E-state index in [4.69, 9.17) is 0 Å². The summed E-state index contributed by atoms with van der Waals surface area (Å²) >= 11 is 0. The van der Waals surface area contributed by atoms with E-state index in [1.165, 1.54) is 5.82 Å². The molecule has 0 saturated carbocycles. The second kappa shape index (κ2) is 3.52. The second-order valence-corrected chi connectivity index (χ2v) is 4.49. The Hall–Kier alpha value is -0.790. The third-order valence-electron chi connectivity index (χ3n) is 2.71. The fraction of sp³-hybridized carbons (Fsp3) is 0.727. The summed E-state index contributed by atoms with van der Waals surface area (Å²) in [5, 5.41) is 0. The molecule has 0 unspecified atom stereocenters. The van der Waals surface area contributed by atoms with E-state index in [1.807, 2.05) is 6.20 Å². The summed E-state index contributed by atoms with van der Waals surface area (Å²) in [6, 6.07) is 0.503. The number of rotatable bonds is 3. The first-order valence-corrected chi connectivity index (χ1v) is 5.02. The van der Waals surface area contributed by atoms with Crippen LogP contribution in [0.15, 0.2) is 12.4 Å². The van der Waals surface area contributed by atoms with Crippen LogP contribution < -0.4 is 0 Å². The minimum Gasteiger partial charge on any atom is -0.332 e. The van der Waals surface area contributed by atoms with Gasteiger partial charge in [-0.2, -0.15) is 0 Å². The van der Waals surface area contributed by atoms with Gasteiger partial charge in [-0.15, -0.1) is 0 Å². The Morgan fingerprint density at radius 2 is 2.08 bits per heavy atom. The van der Waals surface area contributed by atoms with Crippen molar-refractivity contribution in [2.24, 2.45) is 0 Å². The SMILES string of the molecule is CCC(C)(C)c1nccn1C(C)C. The zero-order valence-electron chi connectivity index (χ0n) is 9.33. The van der Waals surface area contributed by atoms with Crippen LogP contribution in [0.1, 0.15) is 52.9 Å². The number of nitrogens with zero attached hydrogens (tertiary/aromatic N) is 2. The van der Waals surface area contributed by atoms with E-state index in [1.54, 1.807) is 0 Å². The minimum absolute atomic E-state index is 0.188. The predicted molar refractivity (Wildman–Crippen MR) is 55.9 cm³/mol. The fourth-order valence-corrected chi connectivity index (χ4v) is 1.41. The van der Waals surface area contributed by atoms with Crippen molar-refractivity contribution >= 4 is 0 Å². The monoisotopic (exact) mass is 180 g/mol. The van der Waals surface area contributed by atoms with Gasteiger partial charge in [0.2, 0.25) is 0 Å². The average molecular weight is 180 g/mol. The van der Waals surface area contributed by atoms with E-state index >= 15 is 0 Å². The highest BCUT2D eigenvalue weighted by Gasteiger charge is 2.23. The molecule has 2 heteroatoms. The molecule has 0 saturated heterocycles. The molecule has 0 spiro atoms. The maximum absolute atomic E-state index is 4.44. The Labute approximate surface area is 81.0 Å². The molecule has 0 aliphatic heterocycles. The normalized spacial score (nSPS) is 12.5. The van der Waals surface area contributed by atoms with Gasteiger partial charge in [0.1, 0.15) is 5.82 Å². The van der Waals surface area contributed by atoms with Gasteiger partial charge in [0, 0.05) is 23.9 Å². The van der Waals surface area contributed by atoms with E-state index in [0.29, 0.717) is 6.04 Å². The number of hydrogen-bond acceptors (Lipinski definition) is 1. The number of aromatic nitrogens is 2. The van der Waals surface area contributed by atoms with Gasteiger partial charge in [-0.25, -0.2) is 4.98 Å². The lowest BCUT2D eigenvalue weighted by atomic mass is 9.89. The minimum atomic E-state index is 0.188. The second-order valence-electron chi connectivity index (χ2n) is 4.49. The molecule has 74 valence electrons. The topological polar surface area (TPSA) is 17.8 Å².